The Morgan fingerprint density at radius 3 is 1.20 bits per heavy atom. The lowest BCUT2D eigenvalue weighted by molar-refractivity contribution is -0.660. The highest BCUT2D eigenvalue weighted by atomic mass is 16.3. The van der Waals surface area contributed by atoms with E-state index < -0.39 is 25.5 Å². The zero-order valence-corrected chi connectivity index (χ0v) is 67.3. The first-order valence-corrected chi connectivity index (χ1v) is 38.5. The van der Waals surface area contributed by atoms with Crippen LogP contribution in [0.15, 0.2) is 266 Å². The minimum atomic E-state index is -1.37. The monoisotopic (exact) mass is 1520 g/mol. The smallest absolute Gasteiger partial charge is 0.227 e. The molecule has 20 rings (SSSR count). The summed E-state index contributed by atoms with van der Waals surface area (Å²) in [5, 5.41) is 9.38. The molecule has 15 aromatic heterocycles. The highest BCUT2D eigenvalue weighted by Gasteiger charge is 2.27. The molecule has 15 heteroatoms. The standard InChI is InChI=1S/5C20H19N2O/c1-4-14-6-8-17(22(3)12-14)19-13(2)5-7-16-15-9-10-21-11-18(15)23-20(16)19;1-4-14-6-8-17(22(3)12-14)19-13(2)5-7-15-16-11-21-10-9-18(16)23-20(15)19;1-4-14-8-10-16(22(3)12-14)18-13(2)7-9-15-19-17(23-20(15)18)6-5-11-21-19;1-4-14-8-10-17(22(3)12-14)18-13(2)7-9-15-16-6-5-11-21-20(16)23-19(15)18;1-4-14-9-10-17(22(3)12-14)19-13(2)21-11-16-15-7-5-6-8-18(15)23-20(16)19/h5*5-12H,4H2,1-3H3/q5*+1/i4*4D2;. The van der Waals surface area contributed by atoms with Crippen LogP contribution >= 0.6 is 0 Å². The molecule has 0 N–H and O–H groups in total. The molecule has 0 atom stereocenters. The van der Waals surface area contributed by atoms with Crippen LogP contribution in [0.5, 0.6) is 0 Å². The van der Waals surface area contributed by atoms with Gasteiger partial charge in [-0.15, -0.1) is 0 Å². The van der Waals surface area contributed by atoms with E-state index in [4.69, 9.17) is 33.1 Å². The molecule has 0 aliphatic carbocycles. The van der Waals surface area contributed by atoms with E-state index in [1.165, 1.54) is 5.56 Å². The molecule has 115 heavy (non-hydrogen) atoms. The predicted octanol–water partition coefficient (Wildman–Crippen LogP) is 21.7. The molecule has 20 aromatic rings. The van der Waals surface area contributed by atoms with Gasteiger partial charge in [0, 0.05) is 155 Å². The molecule has 0 bridgehead atoms. The number of hydrogen-bond acceptors (Lipinski definition) is 10. The molecular formula is C100H95N10O5+5. The largest absolute Gasteiger partial charge is 0.455 e. The van der Waals surface area contributed by atoms with E-state index in [-0.39, 0.29) is 0 Å². The molecule has 0 saturated heterocycles. The summed E-state index contributed by atoms with van der Waals surface area (Å²) in [7, 11) is 9.82. The summed E-state index contributed by atoms with van der Waals surface area (Å²) in [5.74, 6) is 0. The number of aryl methyl sites for hydroxylation is 15. The summed E-state index contributed by atoms with van der Waals surface area (Å²) in [6, 6.07) is 55.9. The van der Waals surface area contributed by atoms with Crippen LogP contribution in [0.25, 0.3) is 166 Å². The summed E-state index contributed by atoms with van der Waals surface area (Å²) in [6.07, 6.45) is 17.6. The maximum absolute atomic E-state index is 7.92. The third-order valence-corrected chi connectivity index (χ3v) is 21.7. The maximum Gasteiger partial charge on any atom is 0.227 e. The number of hydrogen-bond donors (Lipinski definition) is 0. The van der Waals surface area contributed by atoms with Gasteiger partial charge in [-0.2, -0.15) is 0 Å². The Hall–Kier alpha value is -13.4. The van der Waals surface area contributed by atoms with Crippen LogP contribution in [0, 0.1) is 34.6 Å². The van der Waals surface area contributed by atoms with E-state index in [9.17, 15) is 0 Å². The molecule has 0 fully saturated rings. The predicted molar refractivity (Wildman–Crippen MR) is 461 cm³/mol. The minimum Gasteiger partial charge on any atom is -0.455 e. The lowest BCUT2D eigenvalue weighted by Gasteiger charge is -2.06. The van der Waals surface area contributed by atoms with Gasteiger partial charge in [0.15, 0.2) is 58.9 Å². The van der Waals surface area contributed by atoms with Crippen molar-refractivity contribution in [1.82, 2.24) is 24.9 Å². The van der Waals surface area contributed by atoms with E-state index in [2.05, 4.69) is 138 Å². The second-order valence-electron chi connectivity index (χ2n) is 29.0. The Bertz CT molecular complexity index is 6810. The summed E-state index contributed by atoms with van der Waals surface area (Å²) in [6.45, 7) is 18.7. The number of para-hydroxylation sites is 1. The molecule has 0 aliphatic heterocycles. The number of fused-ring (bicyclic) bond motifs is 15. The second kappa shape index (κ2) is 32.0. The fraction of sp³-hybridized carbons (Fsp3) is 0.200. The number of benzene rings is 5. The second-order valence-corrected chi connectivity index (χ2v) is 29.0. The van der Waals surface area contributed by atoms with Crippen LogP contribution in [0.1, 0.15) is 101 Å². The van der Waals surface area contributed by atoms with Gasteiger partial charge in [0.1, 0.15) is 68.7 Å². The van der Waals surface area contributed by atoms with E-state index in [0.717, 1.165) is 195 Å². The van der Waals surface area contributed by atoms with Crippen molar-refractivity contribution in [3.05, 3.63) is 300 Å². The number of furan rings is 5. The first-order valence-electron chi connectivity index (χ1n) is 42.5. The molecule has 5 aromatic carbocycles. The molecule has 570 valence electrons. The Morgan fingerprint density at radius 2 is 0.670 bits per heavy atom. The van der Waals surface area contributed by atoms with Crippen LogP contribution in [-0.4, -0.2) is 24.9 Å². The average Bonchev–Trinajstić information content (AvgIpc) is 1.65. The Labute approximate surface area is 680 Å². The first kappa shape index (κ1) is 66.2. The van der Waals surface area contributed by atoms with E-state index in [0.29, 0.717) is 28.0 Å². The van der Waals surface area contributed by atoms with Crippen molar-refractivity contribution < 1.29 is 55.9 Å². The van der Waals surface area contributed by atoms with Crippen molar-refractivity contribution in [3.63, 3.8) is 0 Å². The zero-order valence-electron chi connectivity index (χ0n) is 75.3. The lowest BCUT2D eigenvalue weighted by atomic mass is 10.0. The number of rotatable bonds is 10. The molecule has 15 nitrogen and oxygen atoms in total. The molecule has 0 amide bonds. The van der Waals surface area contributed by atoms with Crippen LogP contribution in [0.2, 0.25) is 0 Å². The highest BCUT2D eigenvalue weighted by Crippen LogP contribution is 2.42. The van der Waals surface area contributed by atoms with Gasteiger partial charge in [-0.25, -0.2) is 27.8 Å². The van der Waals surface area contributed by atoms with Gasteiger partial charge in [0.2, 0.25) is 34.2 Å². The summed E-state index contributed by atoms with van der Waals surface area (Å²) < 4.78 is 104. The lowest BCUT2D eigenvalue weighted by Crippen LogP contribution is -2.31. The van der Waals surface area contributed by atoms with Crippen molar-refractivity contribution in [2.75, 3.05) is 0 Å². The summed E-state index contributed by atoms with van der Waals surface area (Å²) in [4.78, 5) is 21.8. The van der Waals surface area contributed by atoms with E-state index >= 15 is 0 Å². The third kappa shape index (κ3) is 14.3. The van der Waals surface area contributed by atoms with Crippen LogP contribution in [0.3, 0.4) is 0 Å². The van der Waals surface area contributed by atoms with Gasteiger partial charge in [-0.05, 0) is 168 Å². The Balaban J connectivity index is 0.000000114. The third-order valence-electron chi connectivity index (χ3n) is 21.7. The van der Waals surface area contributed by atoms with Gasteiger partial charge < -0.3 is 22.1 Å². The van der Waals surface area contributed by atoms with E-state index in [1.54, 1.807) is 58.7 Å². The van der Waals surface area contributed by atoms with Gasteiger partial charge in [0.25, 0.3) is 0 Å². The van der Waals surface area contributed by atoms with Crippen LogP contribution in [0.4, 0.5) is 0 Å². The van der Waals surface area contributed by atoms with Crippen molar-refractivity contribution in [2.24, 2.45) is 35.2 Å². The van der Waals surface area contributed by atoms with Gasteiger partial charge in [-0.3, -0.25) is 19.9 Å². The molecular weight excluding hydrogens is 1420 g/mol. The molecule has 0 aliphatic rings. The maximum atomic E-state index is 7.92. The topological polar surface area (TPSA) is 150 Å². The fourth-order valence-electron chi connectivity index (χ4n) is 15.6. The zero-order chi connectivity index (χ0) is 87.0. The molecule has 0 unspecified atom stereocenters. The summed E-state index contributed by atoms with van der Waals surface area (Å²) in [5.41, 5.74) is 28.5. The highest BCUT2D eigenvalue weighted by molar-refractivity contribution is 6.13. The number of nitrogens with zero attached hydrogens (tertiary/aromatic N) is 10. The number of aromatic nitrogens is 10. The first-order chi connectivity index (χ1) is 58.6. The van der Waals surface area contributed by atoms with Crippen molar-refractivity contribution in [2.45, 2.75) is 101 Å². The van der Waals surface area contributed by atoms with Crippen LogP contribution < -0.4 is 22.8 Å². The number of pyridine rings is 10. The SMILES string of the molecule is CCc1ccc(-c2c(C)ncc3c2oc2ccccc23)[n+](C)c1.[2H]C([2H])(C)c1ccc(-c2c(C)ccc3c2oc2cccnc23)[n+](C)c1.[2H]C([2H])(C)c1ccc(-c2c(C)ccc3c2oc2ccncc23)[n+](C)c1.[2H]C([2H])(C)c1ccc(-c2c(C)ccc3c2oc2cnccc23)[n+](C)c1.[2H]C([2H])(C)c1ccc(-c2c(C)ccc3c2oc2ncccc23)[n+](C)c1. The molecule has 0 spiro atoms. The molecule has 0 radical (unpaired) electrons. The van der Waals surface area contributed by atoms with Gasteiger partial charge in [-0.1, -0.05) is 95.3 Å². The average molecular weight is 1520 g/mol. The van der Waals surface area contributed by atoms with Crippen molar-refractivity contribution in [3.8, 4) is 56.3 Å². The Kier molecular flexibility index (Phi) is 18.4. The van der Waals surface area contributed by atoms with Gasteiger partial charge in [0.05, 0.1) is 34.1 Å². The minimum absolute atomic E-state index is 0.633. The van der Waals surface area contributed by atoms with Gasteiger partial charge >= 0.3 is 0 Å². The van der Waals surface area contributed by atoms with Crippen molar-refractivity contribution in [1.29, 1.82) is 0 Å². The molecule has 15 heterocycles. The normalized spacial score (nSPS) is 13.0. The van der Waals surface area contributed by atoms with Crippen molar-refractivity contribution >= 4 is 110 Å². The Morgan fingerprint density at radius 1 is 0.287 bits per heavy atom. The molecule has 0 saturated carbocycles. The van der Waals surface area contributed by atoms with Crippen LogP contribution in [-0.2, 0) is 67.2 Å². The quantitative estimate of drug-likeness (QED) is 0.121. The fourth-order valence-corrected chi connectivity index (χ4v) is 15.6. The van der Waals surface area contributed by atoms with E-state index in [1.807, 2.05) is 200 Å². The summed E-state index contributed by atoms with van der Waals surface area (Å²) >= 11 is 0.